The smallest absolute Gasteiger partial charge is 0.253 e. The first kappa shape index (κ1) is 21.2. The molecular formula is C26H23ClN4O2. The Kier molecular flexibility index (Phi) is 5.84. The van der Waals surface area contributed by atoms with Crippen molar-refractivity contribution in [2.45, 2.75) is 0 Å². The van der Waals surface area contributed by atoms with Crippen LogP contribution < -0.4 is 9.64 Å². The van der Waals surface area contributed by atoms with E-state index in [1.807, 2.05) is 77.7 Å². The van der Waals surface area contributed by atoms with Crippen LogP contribution in [0.15, 0.2) is 72.8 Å². The Morgan fingerprint density at radius 2 is 1.58 bits per heavy atom. The molecule has 166 valence electrons. The number of amides is 1. The van der Waals surface area contributed by atoms with Gasteiger partial charge in [-0.1, -0.05) is 23.7 Å². The molecule has 6 nitrogen and oxygen atoms in total. The molecule has 7 heteroatoms. The van der Waals surface area contributed by atoms with E-state index < -0.39 is 0 Å². The van der Waals surface area contributed by atoms with Gasteiger partial charge in [-0.15, -0.1) is 0 Å². The molecule has 1 aromatic heterocycles. The van der Waals surface area contributed by atoms with Crippen LogP contribution in [0.4, 0.5) is 5.82 Å². The number of methoxy groups -OCH3 is 1. The van der Waals surface area contributed by atoms with Crippen LogP contribution in [0.5, 0.6) is 5.75 Å². The zero-order valence-electron chi connectivity index (χ0n) is 18.2. The molecule has 0 unspecified atom stereocenters. The van der Waals surface area contributed by atoms with Gasteiger partial charge in [0.2, 0.25) is 0 Å². The van der Waals surface area contributed by atoms with E-state index in [1.165, 1.54) is 0 Å². The van der Waals surface area contributed by atoms with Crippen LogP contribution in [0.1, 0.15) is 10.4 Å². The SMILES string of the molecule is COc1ccc(C(=O)N2CCN(c3nc(-c4ccc(Cl)cc4)nc4ccccc34)CC2)cc1. The lowest BCUT2D eigenvalue weighted by atomic mass is 10.1. The maximum atomic E-state index is 13.0. The molecule has 2 heterocycles. The zero-order valence-corrected chi connectivity index (χ0v) is 19.0. The number of halogens is 1. The second-order valence-corrected chi connectivity index (χ2v) is 8.34. The Labute approximate surface area is 197 Å². The number of carbonyl (C=O) groups excluding carboxylic acids is 1. The van der Waals surface area contributed by atoms with E-state index in [1.54, 1.807) is 7.11 Å². The third-order valence-electron chi connectivity index (χ3n) is 5.89. The molecule has 0 atom stereocenters. The molecule has 5 rings (SSSR count). The number of fused-ring (bicyclic) bond motifs is 1. The minimum Gasteiger partial charge on any atom is -0.497 e. The molecule has 33 heavy (non-hydrogen) atoms. The van der Waals surface area contributed by atoms with Gasteiger partial charge in [-0.2, -0.15) is 0 Å². The number of hydrogen-bond acceptors (Lipinski definition) is 5. The molecule has 1 aliphatic heterocycles. The van der Waals surface area contributed by atoms with Gasteiger partial charge in [0.1, 0.15) is 11.6 Å². The fourth-order valence-electron chi connectivity index (χ4n) is 4.07. The number of hydrogen-bond donors (Lipinski definition) is 0. The van der Waals surface area contributed by atoms with Crippen LogP contribution in [0, 0.1) is 0 Å². The molecule has 1 amide bonds. The topological polar surface area (TPSA) is 58.6 Å². The minimum atomic E-state index is 0.0340. The summed E-state index contributed by atoms with van der Waals surface area (Å²) in [6, 6.07) is 22.8. The van der Waals surface area contributed by atoms with Crippen LogP contribution in [0.25, 0.3) is 22.3 Å². The summed E-state index contributed by atoms with van der Waals surface area (Å²) in [6.45, 7) is 2.64. The highest BCUT2D eigenvalue weighted by atomic mass is 35.5. The number of nitrogens with zero attached hydrogens (tertiary/aromatic N) is 4. The summed E-state index contributed by atoms with van der Waals surface area (Å²) in [7, 11) is 1.62. The summed E-state index contributed by atoms with van der Waals surface area (Å²) in [5.41, 5.74) is 2.48. The number of rotatable bonds is 4. The van der Waals surface area contributed by atoms with Crippen LogP contribution in [-0.2, 0) is 0 Å². The van der Waals surface area contributed by atoms with Gasteiger partial charge < -0.3 is 14.5 Å². The van der Waals surface area contributed by atoms with Gasteiger partial charge in [-0.3, -0.25) is 4.79 Å². The number of aromatic nitrogens is 2. The van der Waals surface area contributed by atoms with Gasteiger partial charge >= 0.3 is 0 Å². The van der Waals surface area contributed by atoms with Crippen molar-refractivity contribution >= 4 is 34.2 Å². The van der Waals surface area contributed by atoms with Crippen molar-refractivity contribution in [2.75, 3.05) is 38.2 Å². The van der Waals surface area contributed by atoms with Gasteiger partial charge in [-0.25, -0.2) is 9.97 Å². The number of anilines is 1. The van der Waals surface area contributed by atoms with Gasteiger partial charge in [0, 0.05) is 47.7 Å². The standard InChI is InChI=1S/C26H23ClN4O2/c1-33-21-12-8-19(9-13-21)26(32)31-16-14-30(15-17-31)25-22-4-2-3-5-23(22)28-24(29-25)18-6-10-20(27)11-7-18/h2-13H,14-17H2,1H3. The van der Waals surface area contributed by atoms with Crippen molar-refractivity contribution in [3.8, 4) is 17.1 Å². The normalized spacial score (nSPS) is 13.9. The Bertz CT molecular complexity index is 1280. The summed E-state index contributed by atoms with van der Waals surface area (Å²) in [5.74, 6) is 2.33. The first-order valence-corrected chi connectivity index (χ1v) is 11.2. The summed E-state index contributed by atoms with van der Waals surface area (Å²) < 4.78 is 5.19. The van der Waals surface area contributed by atoms with Crippen molar-refractivity contribution in [3.05, 3.63) is 83.4 Å². The largest absolute Gasteiger partial charge is 0.497 e. The first-order valence-electron chi connectivity index (χ1n) is 10.8. The van der Waals surface area contributed by atoms with Crippen molar-refractivity contribution in [2.24, 2.45) is 0 Å². The molecule has 1 fully saturated rings. The van der Waals surface area contributed by atoms with Crippen molar-refractivity contribution < 1.29 is 9.53 Å². The lowest BCUT2D eigenvalue weighted by Gasteiger charge is -2.36. The Balaban J connectivity index is 1.39. The van der Waals surface area contributed by atoms with Crippen molar-refractivity contribution in [1.29, 1.82) is 0 Å². The lowest BCUT2D eigenvalue weighted by molar-refractivity contribution is 0.0746. The van der Waals surface area contributed by atoms with Crippen molar-refractivity contribution in [3.63, 3.8) is 0 Å². The van der Waals surface area contributed by atoms with Crippen LogP contribution >= 0.6 is 11.6 Å². The van der Waals surface area contributed by atoms with E-state index in [4.69, 9.17) is 26.3 Å². The van der Waals surface area contributed by atoms with Crippen LogP contribution in [0.2, 0.25) is 5.02 Å². The molecule has 0 aliphatic carbocycles. The summed E-state index contributed by atoms with van der Waals surface area (Å²) >= 11 is 6.06. The van der Waals surface area contributed by atoms with E-state index in [9.17, 15) is 4.79 Å². The molecular weight excluding hydrogens is 436 g/mol. The second-order valence-electron chi connectivity index (χ2n) is 7.90. The number of benzene rings is 3. The molecule has 0 spiro atoms. The zero-order chi connectivity index (χ0) is 22.8. The van der Waals surface area contributed by atoms with E-state index >= 15 is 0 Å². The third-order valence-corrected chi connectivity index (χ3v) is 6.14. The van der Waals surface area contributed by atoms with Crippen LogP contribution in [-0.4, -0.2) is 54.1 Å². The number of para-hydroxylation sites is 1. The molecule has 4 aromatic rings. The summed E-state index contributed by atoms with van der Waals surface area (Å²) in [4.78, 5) is 26.8. The summed E-state index contributed by atoms with van der Waals surface area (Å²) in [5, 5.41) is 1.68. The third kappa shape index (κ3) is 4.34. The predicted molar refractivity (Wildman–Crippen MR) is 131 cm³/mol. The Morgan fingerprint density at radius 3 is 2.27 bits per heavy atom. The molecule has 0 saturated carbocycles. The van der Waals surface area contributed by atoms with E-state index in [0.717, 1.165) is 28.0 Å². The first-order chi connectivity index (χ1) is 16.1. The van der Waals surface area contributed by atoms with Gasteiger partial charge in [0.15, 0.2) is 5.82 Å². The molecule has 1 saturated heterocycles. The van der Waals surface area contributed by atoms with E-state index in [2.05, 4.69) is 4.90 Å². The highest BCUT2D eigenvalue weighted by molar-refractivity contribution is 6.30. The number of ether oxygens (including phenoxy) is 1. The van der Waals surface area contributed by atoms with Gasteiger partial charge in [0.25, 0.3) is 5.91 Å². The monoisotopic (exact) mass is 458 g/mol. The van der Waals surface area contributed by atoms with Gasteiger partial charge in [0.05, 0.1) is 12.6 Å². The van der Waals surface area contributed by atoms with Crippen LogP contribution in [0.3, 0.4) is 0 Å². The maximum absolute atomic E-state index is 13.0. The molecule has 0 radical (unpaired) electrons. The van der Waals surface area contributed by atoms with Crippen molar-refractivity contribution in [1.82, 2.24) is 14.9 Å². The molecule has 0 bridgehead atoms. The quantitative estimate of drug-likeness (QED) is 0.434. The van der Waals surface area contributed by atoms with E-state index in [0.29, 0.717) is 42.6 Å². The lowest BCUT2D eigenvalue weighted by Crippen LogP contribution is -2.49. The molecule has 3 aromatic carbocycles. The van der Waals surface area contributed by atoms with Gasteiger partial charge in [-0.05, 0) is 60.7 Å². The Hall–Kier alpha value is -3.64. The average molecular weight is 459 g/mol. The highest BCUT2D eigenvalue weighted by Gasteiger charge is 2.24. The fourth-order valence-corrected chi connectivity index (χ4v) is 4.19. The minimum absolute atomic E-state index is 0.0340. The summed E-state index contributed by atoms with van der Waals surface area (Å²) in [6.07, 6.45) is 0. The number of carbonyl (C=O) groups is 1. The molecule has 1 aliphatic rings. The molecule has 0 N–H and O–H groups in total. The maximum Gasteiger partial charge on any atom is 0.253 e. The average Bonchev–Trinajstić information content (AvgIpc) is 2.88. The van der Waals surface area contributed by atoms with E-state index in [-0.39, 0.29) is 5.91 Å². The predicted octanol–water partition coefficient (Wildman–Crippen LogP) is 4.92. The second kappa shape index (κ2) is 9.08. The highest BCUT2D eigenvalue weighted by Crippen LogP contribution is 2.29. The Morgan fingerprint density at radius 1 is 0.879 bits per heavy atom. The number of piperazine rings is 1. The fraction of sp³-hybridized carbons (Fsp3) is 0.192.